The van der Waals surface area contributed by atoms with Crippen molar-refractivity contribution in [3.63, 3.8) is 0 Å². The number of nitrogens with two attached hydrogens (primary N) is 1. The van der Waals surface area contributed by atoms with E-state index in [4.69, 9.17) is 29.0 Å². The average molecular weight is 686 g/mol. The zero-order chi connectivity index (χ0) is 33.6. The number of cyclic esters (lactones) is 1. The van der Waals surface area contributed by atoms with Gasteiger partial charge in [-0.1, -0.05) is 11.6 Å². The van der Waals surface area contributed by atoms with Crippen molar-refractivity contribution in [1.82, 2.24) is 19.5 Å². The maximum absolute atomic E-state index is 12.7. The standard InChI is InChI=1S/C26H33N5O13P2/c1-12(4-5-14-19(32)17-15(7-41-26(17)35)13(2)22(14)40-3)6-42-45(36,37)11-46(38,39)43-8-16-20(33)21(34)25(44-16)31-10-30-18-23(27)28-9-29-24(18)31/h4,9-10,16,20-21,25,32-34H,5-8,11H2,1-3H3,(H,36,37)(H,38,39)(H2,27,28,29)/t16-,20+,21?,25-/m1/s1. The van der Waals surface area contributed by atoms with Crippen molar-refractivity contribution in [2.75, 3.05) is 32.0 Å². The molecule has 0 bridgehead atoms. The maximum Gasteiger partial charge on any atom is 0.342 e. The van der Waals surface area contributed by atoms with Crippen molar-refractivity contribution >= 4 is 38.1 Å². The minimum absolute atomic E-state index is 0.0164. The third kappa shape index (κ3) is 6.67. The number of aromatic hydroxyl groups is 1. The number of hydrogen-bond donors (Lipinski definition) is 6. The van der Waals surface area contributed by atoms with E-state index in [-0.39, 0.29) is 41.3 Å². The number of aliphatic hydroxyl groups excluding tert-OH is 2. The maximum atomic E-state index is 12.7. The van der Waals surface area contributed by atoms with E-state index < -0.39 is 64.8 Å². The minimum atomic E-state index is -4.78. The summed E-state index contributed by atoms with van der Waals surface area (Å²) < 4.78 is 52.8. The minimum Gasteiger partial charge on any atom is -0.507 e. The Labute approximate surface area is 261 Å². The summed E-state index contributed by atoms with van der Waals surface area (Å²) in [6.07, 6.45) is -1.51. The molecule has 46 heavy (non-hydrogen) atoms. The molecule has 2 aromatic heterocycles. The molecule has 2 aliphatic heterocycles. The second kappa shape index (κ2) is 13.0. The summed E-state index contributed by atoms with van der Waals surface area (Å²) in [7, 11) is -8.05. The van der Waals surface area contributed by atoms with Crippen LogP contribution in [0, 0.1) is 6.92 Å². The van der Waals surface area contributed by atoms with E-state index in [1.165, 1.54) is 24.3 Å². The number of anilines is 1. The first-order chi connectivity index (χ1) is 21.6. The lowest BCUT2D eigenvalue weighted by atomic mass is 9.95. The molecule has 20 heteroatoms. The van der Waals surface area contributed by atoms with Gasteiger partial charge in [0.2, 0.25) is 0 Å². The first kappa shape index (κ1) is 33.9. The van der Waals surface area contributed by atoms with Crippen LogP contribution in [0.2, 0.25) is 0 Å². The number of nitrogens with zero attached hydrogens (tertiary/aromatic N) is 4. The van der Waals surface area contributed by atoms with Crippen LogP contribution in [0.3, 0.4) is 0 Å². The zero-order valence-corrected chi connectivity index (χ0v) is 26.6. The van der Waals surface area contributed by atoms with Gasteiger partial charge in [0.25, 0.3) is 0 Å². The Balaban J connectivity index is 1.17. The van der Waals surface area contributed by atoms with E-state index in [2.05, 4.69) is 15.0 Å². The van der Waals surface area contributed by atoms with Gasteiger partial charge in [0.15, 0.2) is 23.6 Å². The van der Waals surface area contributed by atoms with Crippen molar-refractivity contribution in [2.24, 2.45) is 0 Å². The Morgan fingerprint density at radius 1 is 1.17 bits per heavy atom. The smallest absolute Gasteiger partial charge is 0.342 e. The van der Waals surface area contributed by atoms with Gasteiger partial charge in [0.1, 0.15) is 53.8 Å². The third-order valence-electron chi connectivity index (χ3n) is 7.59. The predicted molar refractivity (Wildman–Crippen MR) is 158 cm³/mol. The van der Waals surface area contributed by atoms with E-state index in [1.807, 2.05) is 0 Å². The summed E-state index contributed by atoms with van der Waals surface area (Å²) in [4.78, 5) is 44.6. The van der Waals surface area contributed by atoms with Crippen molar-refractivity contribution in [3.8, 4) is 11.5 Å². The Morgan fingerprint density at radius 3 is 2.61 bits per heavy atom. The number of ether oxygens (including phenoxy) is 3. The van der Waals surface area contributed by atoms with Gasteiger partial charge in [0, 0.05) is 11.1 Å². The predicted octanol–water partition coefficient (Wildman–Crippen LogP) is 1.27. The molecular formula is C26H33N5O13P2. The number of carbonyl (C=O) groups is 1. The highest BCUT2D eigenvalue weighted by molar-refractivity contribution is 7.70. The molecule has 0 spiro atoms. The molecule has 1 saturated heterocycles. The number of aromatic nitrogens is 4. The molecule has 3 aromatic rings. The second-order valence-corrected chi connectivity index (χ2v) is 15.0. The van der Waals surface area contributed by atoms with Gasteiger partial charge in [-0.15, -0.1) is 0 Å². The fourth-order valence-electron chi connectivity index (χ4n) is 5.22. The number of fused-ring (bicyclic) bond motifs is 2. The fourth-order valence-corrected chi connectivity index (χ4v) is 8.46. The second-order valence-electron chi connectivity index (χ2n) is 10.8. The highest BCUT2D eigenvalue weighted by Crippen LogP contribution is 2.58. The Hall–Kier alpha value is -3.44. The number of esters is 1. The molecule has 18 nitrogen and oxygen atoms in total. The number of benzene rings is 1. The van der Waals surface area contributed by atoms with Crippen molar-refractivity contribution < 1.29 is 62.3 Å². The SMILES string of the molecule is COc1c(C)c2c(c(O)c1CC=C(C)COP(=O)(O)CP(=O)(O)OC[C@H]1O[C@@H](n3cnc4c(N)ncnc43)C(O)[C@H]1O)C(=O)OC2. The van der Waals surface area contributed by atoms with Crippen LogP contribution in [0.4, 0.5) is 5.82 Å². The summed E-state index contributed by atoms with van der Waals surface area (Å²) in [6, 6.07) is 0. The summed E-state index contributed by atoms with van der Waals surface area (Å²) in [5.41, 5.74) is 8.18. The highest BCUT2D eigenvalue weighted by Gasteiger charge is 2.46. The van der Waals surface area contributed by atoms with Crippen LogP contribution < -0.4 is 10.5 Å². The average Bonchev–Trinajstić information content (AvgIpc) is 3.68. The molecule has 250 valence electrons. The first-order valence-electron chi connectivity index (χ1n) is 13.8. The van der Waals surface area contributed by atoms with Gasteiger partial charge in [-0.3, -0.25) is 13.7 Å². The molecule has 1 aromatic carbocycles. The van der Waals surface area contributed by atoms with Gasteiger partial charge in [0.05, 0.1) is 26.7 Å². The number of allylic oxidation sites excluding steroid dienone is 1. The van der Waals surface area contributed by atoms with Crippen LogP contribution in [0.1, 0.15) is 40.2 Å². The van der Waals surface area contributed by atoms with E-state index in [0.29, 0.717) is 28.0 Å². The van der Waals surface area contributed by atoms with Crippen LogP contribution in [0.5, 0.6) is 11.5 Å². The van der Waals surface area contributed by atoms with E-state index in [9.17, 15) is 39.0 Å². The Kier molecular flexibility index (Phi) is 9.57. The lowest BCUT2D eigenvalue weighted by molar-refractivity contribution is -0.0483. The van der Waals surface area contributed by atoms with Gasteiger partial charge in [-0.25, -0.2) is 19.7 Å². The number of hydrogen-bond acceptors (Lipinski definition) is 15. The molecule has 7 N–H and O–H groups in total. The molecule has 0 amide bonds. The van der Waals surface area contributed by atoms with Crippen LogP contribution in [-0.4, -0.2) is 95.1 Å². The number of phenols is 1. The summed E-state index contributed by atoms with van der Waals surface area (Å²) in [5.74, 6) is -1.77. The van der Waals surface area contributed by atoms with E-state index >= 15 is 0 Å². The number of rotatable bonds is 12. The van der Waals surface area contributed by atoms with E-state index in [1.54, 1.807) is 19.9 Å². The number of aliphatic hydroxyl groups is 2. The molecule has 4 heterocycles. The number of nitrogen functional groups attached to an aromatic ring is 1. The Morgan fingerprint density at radius 2 is 1.89 bits per heavy atom. The van der Waals surface area contributed by atoms with Crippen molar-refractivity contribution in [3.05, 3.63) is 46.6 Å². The molecule has 0 aliphatic carbocycles. The van der Waals surface area contributed by atoms with Crippen LogP contribution in [0.15, 0.2) is 24.3 Å². The Bertz CT molecular complexity index is 1800. The molecule has 2 aliphatic rings. The molecule has 6 atom stereocenters. The number of phenolic OH excluding ortho intramolecular Hbond substituents is 1. The summed E-state index contributed by atoms with van der Waals surface area (Å²) in [5, 5.41) is 31.8. The fraction of sp³-hybridized carbons (Fsp3) is 0.462. The van der Waals surface area contributed by atoms with Crippen molar-refractivity contribution in [2.45, 2.75) is 51.4 Å². The summed E-state index contributed by atoms with van der Waals surface area (Å²) in [6.45, 7) is 2.17. The zero-order valence-electron chi connectivity index (χ0n) is 24.8. The molecule has 1 fully saturated rings. The van der Waals surface area contributed by atoms with Crippen molar-refractivity contribution in [1.29, 1.82) is 0 Å². The molecule has 0 saturated carbocycles. The molecular weight excluding hydrogens is 652 g/mol. The normalized spacial score (nSPS) is 24.1. The molecule has 0 radical (unpaired) electrons. The molecule has 5 rings (SSSR count). The summed E-state index contributed by atoms with van der Waals surface area (Å²) >= 11 is 0. The highest BCUT2D eigenvalue weighted by atomic mass is 31.2. The van der Waals surface area contributed by atoms with E-state index in [0.717, 1.165) is 0 Å². The van der Waals surface area contributed by atoms with Gasteiger partial charge in [-0.2, -0.15) is 0 Å². The quantitative estimate of drug-likeness (QED) is 0.0890. The number of methoxy groups -OCH3 is 1. The van der Waals surface area contributed by atoms with Gasteiger partial charge in [-0.05, 0) is 25.8 Å². The number of imidazole rings is 1. The third-order valence-corrected chi connectivity index (χ3v) is 11.5. The number of carbonyl (C=O) groups excluding carboxylic acids is 1. The lowest BCUT2D eigenvalue weighted by Gasteiger charge is -2.20. The van der Waals surface area contributed by atoms with Crippen LogP contribution in [0.25, 0.3) is 11.2 Å². The largest absolute Gasteiger partial charge is 0.507 e. The molecule has 3 unspecified atom stereocenters. The first-order valence-corrected chi connectivity index (χ1v) is 17.3. The van der Waals surface area contributed by atoms with Crippen LogP contribution in [-0.2, 0) is 40.7 Å². The van der Waals surface area contributed by atoms with Gasteiger partial charge < -0.3 is 54.1 Å². The topological polar surface area (TPSA) is 268 Å². The lowest BCUT2D eigenvalue weighted by Crippen LogP contribution is -2.33. The van der Waals surface area contributed by atoms with Gasteiger partial charge >= 0.3 is 21.2 Å². The van der Waals surface area contributed by atoms with Crippen LogP contribution >= 0.6 is 15.2 Å². The monoisotopic (exact) mass is 685 g/mol.